The Morgan fingerprint density at radius 3 is 2.93 bits per heavy atom. The van der Waals surface area contributed by atoms with Crippen LogP contribution in [0, 0.1) is 0 Å². The second-order valence-electron chi connectivity index (χ2n) is 3.11. The first-order chi connectivity index (χ1) is 6.74. The summed E-state index contributed by atoms with van der Waals surface area (Å²) in [5.74, 6) is 0.136. The van der Waals surface area contributed by atoms with E-state index >= 15 is 0 Å². The van der Waals surface area contributed by atoms with E-state index in [9.17, 15) is 5.11 Å². The molecule has 76 valence electrons. The van der Waals surface area contributed by atoms with Crippen LogP contribution in [0.15, 0.2) is 24.3 Å². The Bertz CT molecular complexity index is 321. The molecular formula is C11H16N2O. The highest BCUT2D eigenvalue weighted by molar-refractivity contribution is 5.61. The van der Waals surface area contributed by atoms with Crippen molar-refractivity contribution in [1.29, 1.82) is 0 Å². The average molecular weight is 192 g/mol. The summed E-state index contributed by atoms with van der Waals surface area (Å²) in [6.07, 6.45) is 5.05. The fourth-order valence-electron chi connectivity index (χ4n) is 1.12. The van der Waals surface area contributed by atoms with Crippen molar-refractivity contribution in [2.24, 2.45) is 0 Å². The third-order valence-electron chi connectivity index (χ3n) is 1.92. The molecule has 0 aromatic heterocycles. The van der Waals surface area contributed by atoms with Gasteiger partial charge in [0.25, 0.3) is 0 Å². The van der Waals surface area contributed by atoms with Crippen molar-refractivity contribution in [2.45, 2.75) is 6.42 Å². The molecule has 0 aliphatic carbocycles. The van der Waals surface area contributed by atoms with Crippen molar-refractivity contribution >= 4 is 11.8 Å². The molecule has 4 N–H and O–H groups in total. The van der Waals surface area contributed by atoms with E-state index in [1.165, 1.54) is 0 Å². The zero-order chi connectivity index (χ0) is 10.4. The highest BCUT2D eigenvalue weighted by atomic mass is 16.3. The zero-order valence-corrected chi connectivity index (χ0v) is 8.33. The van der Waals surface area contributed by atoms with Crippen LogP contribution < -0.4 is 11.1 Å². The topological polar surface area (TPSA) is 58.3 Å². The number of nitrogens with two attached hydrogens (primary N) is 1. The zero-order valence-electron chi connectivity index (χ0n) is 8.33. The molecule has 0 atom stereocenters. The van der Waals surface area contributed by atoms with Crippen molar-refractivity contribution in [3.63, 3.8) is 0 Å². The van der Waals surface area contributed by atoms with E-state index in [4.69, 9.17) is 5.73 Å². The smallest absolute Gasteiger partial charge is 0.138 e. The number of benzene rings is 1. The summed E-state index contributed by atoms with van der Waals surface area (Å²) in [5.41, 5.74) is 6.98. The SMILES string of the molecule is CNCCC=Cc1ccc(O)c(N)c1. The summed E-state index contributed by atoms with van der Waals surface area (Å²) in [7, 11) is 1.92. The number of rotatable bonds is 4. The summed E-state index contributed by atoms with van der Waals surface area (Å²) in [6, 6.07) is 5.19. The Balaban J connectivity index is 2.59. The van der Waals surface area contributed by atoms with Gasteiger partial charge in [0, 0.05) is 0 Å². The first-order valence-electron chi connectivity index (χ1n) is 4.63. The number of hydrogen-bond acceptors (Lipinski definition) is 3. The molecule has 0 aliphatic heterocycles. The Morgan fingerprint density at radius 1 is 1.50 bits per heavy atom. The van der Waals surface area contributed by atoms with E-state index in [-0.39, 0.29) is 5.75 Å². The molecule has 0 spiro atoms. The molecule has 1 aromatic carbocycles. The number of nitrogen functional groups attached to an aromatic ring is 1. The van der Waals surface area contributed by atoms with Crippen LogP contribution in [0.1, 0.15) is 12.0 Å². The molecule has 3 heteroatoms. The number of hydrogen-bond donors (Lipinski definition) is 3. The highest BCUT2D eigenvalue weighted by Crippen LogP contribution is 2.20. The fourth-order valence-corrected chi connectivity index (χ4v) is 1.12. The molecule has 0 heterocycles. The highest BCUT2D eigenvalue weighted by Gasteiger charge is 1.94. The maximum absolute atomic E-state index is 9.19. The molecular weight excluding hydrogens is 176 g/mol. The molecule has 0 amide bonds. The van der Waals surface area contributed by atoms with Crippen molar-refractivity contribution in [2.75, 3.05) is 19.3 Å². The van der Waals surface area contributed by atoms with Gasteiger partial charge in [0.05, 0.1) is 5.69 Å². The predicted octanol–water partition coefficient (Wildman–Crippen LogP) is 1.60. The average Bonchev–Trinajstić information content (AvgIpc) is 2.18. The van der Waals surface area contributed by atoms with E-state index in [2.05, 4.69) is 11.4 Å². The van der Waals surface area contributed by atoms with Gasteiger partial charge in [-0.2, -0.15) is 0 Å². The van der Waals surface area contributed by atoms with Gasteiger partial charge >= 0.3 is 0 Å². The van der Waals surface area contributed by atoms with Gasteiger partial charge in [-0.05, 0) is 37.7 Å². The Labute approximate surface area is 84.3 Å². The predicted molar refractivity (Wildman–Crippen MR) is 60.1 cm³/mol. The van der Waals surface area contributed by atoms with E-state index in [1.807, 2.05) is 19.2 Å². The molecule has 0 fully saturated rings. The maximum atomic E-state index is 9.19. The summed E-state index contributed by atoms with van der Waals surface area (Å²) in [5, 5.41) is 12.3. The molecule has 0 aliphatic rings. The summed E-state index contributed by atoms with van der Waals surface area (Å²) in [6.45, 7) is 0.962. The second kappa shape index (κ2) is 5.29. The van der Waals surface area contributed by atoms with Gasteiger partial charge in [-0.3, -0.25) is 0 Å². The molecule has 1 rings (SSSR count). The van der Waals surface area contributed by atoms with Crippen molar-refractivity contribution in [3.8, 4) is 5.75 Å². The summed E-state index contributed by atoms with van der Waals surface area (Å²) in [4.78, 5) is 0. The van der Waals surface area contributed by atoms with Crippen molar-refractivity contribution in [1.82, 2.24) is 5.32 Å². The largest absolute Gasteiger partial charge is 0.506 e. The van der Waals surface area contributed by atoms with Gasteiger partial charge in [-0.1, -0.05) is 18.2 Å². The summed E-state index contributed by atoms with van der Waals surface area (Å²) >= 11 is 0. The van der Waals surface area contributed by atoms with Gasteiger partial charge in [0.1, 0.15) is 5.75 Å². The lowest BCUT2D eigenvalue weighted by Crippen LogP contribution is -2.05. The normalized spacial score (nSPS) is 10.9. The standard InChI is InChI=1S/C11H16N2O/c1-13-7-3-2-4-9-5-6-11(14)10(12)8-9/h2,4-6,8,13-14H,3,7,12H2,1H3. The van der Waals surface area contributed by atoms with Crippen LogP contribution in [0.3, 0.4) is 0 Å². The van der Waals surface area contributed by atoms with Crippen LogP contribution in [0.2, 0.25) is 0 Å². The van der Waals surface area contributed by atoms with Crippen LogP contribution in [-0.4, -0.2) is 18.7 Å². The quantitative estimate of drug-likeness (QED) is 0.386. The van der Waals surface area contributed by atoms with Crippen LogP contribution in [0.5, 0.6) is 5.75 Å². The molecule has 0 bridgehead atoms. The van der Waals surface area contributed by atoms with Gasteiger partial charge in [0.2, 0.25) is 0 Å². The minimum Gasteiger partial charge on any atom is -0.506 e. The van der Waals surface area contributed by atoms with Crippen LogP contribution in [0.25, 0.3) is 6.08 Å². The van der Waals surface area contributed by atoms with E-state index in [1.54, 1.807) is 12.1 Å². The number of aromatic hydroxyl groups is 1. The molecule has 14 heavy (non-hydrogen) atoms. The van der Waals surface area contributed by atoms with Crippen LogP contribution >= 0.6 is 0 Å². The Hall–Kier alpha value is -1.48. The third kappa shape index (κ3) is 3.11. The molecule has 0 saturated heterocycles. The van der Waals surface area contributed by atoms with Gasteiger partial charge < -0.3 is 16.2 Å². The monoisotopic (exact) mass is 192 g/mol. The fraction of sp³-hybridized carbons (Fsp3) is 0.273. The van der Waals surface area contributed by atoms with Gasteiger partial charge in [-0.15, -0.1) is 0 Å². The number of phenols is 1. The lowest BCUT2D eigenvalue weighted by atomic mass is 10.1. The Morgan fingerprint density at radius 2 is 2.29 bits per heavy atom. The van der Waals surface area contributed by atoms with Gasteiger partial charge in [0.15, 0.2) is 0 Å². The van der Waals surface area contributed by atoms with Crippen molar-refractivity contribution < 1.29 is 5.11 Å². The number of anilines is 1. The number of phenolic OH excluding ortho intramolecular Hbond substituents is 1. The van der Waals surface area contributed by atoms with E-state index in [0.29, 0.717) is 5.69 Å². The molecule has 0 saturated carbocycles. The van der Waals surface area contributed by atoms with E-state index in [0.717, 1.165) is 18.5 Å². The lowest BCUT2D eigenvalue weighted by Gasteiger charge is -1.99. The van der Waals surface area contributed by atoms with Gasteiger partial charge in [-0.25, -0.2) is 0 Å². The molecule has 1 aromatic rings. The number of nitrogens with one attached hydrogen (secondary N) is 1. The second-order valence-corrected chi connectivity index (χ2v) is 3.11. The van der Waals surface area contributed by atoms with Crippen LogP contribution in [-0.2, 0) is 0 Å². The maximum Gasteiger partial charge on any atom is 0.138 e. The molecule has 3 nitrogen and oxygen atoms in total. The van der Waals surface area contributed by atoms with E-state index < -0.39 is 0 Å². The third-order valence-corrected chi connectivity index (χ3v) is 1.92. The molecule has 0 unspecified atom stereocenters. The first kappa shape index (κ1) is 10.6. The van der Waals surface area contributed by atoms with Crippen molar-refractivity contribution in [3.05, 3.63) is 29.8 Å². The first-order valence-corrected chi connectivity index (χ1v) is 4.63. The minimum atomic E-state index is 0.136. The lowest BCUT2D eigenvalue weighted by molar-refractivity contribution is 0.478. The minimum absolute atomic E-state index is 0.136. The Kier molecular flexibility index (Phi) is 4.01. The summed E-state index contributed by atoms with van der Waals surface area (Å²) < 4.78 is 0. The molecule has 0 radical (unpaired) electrons. The van der Waals surface area contributed by atoms with Crippen LogP contribution in [0.4, 0.5) is 5.69 Å².